The van der Waals surface area contributed by atoms with Crippen LogP contribution in [0, 0.1) is 5.82 Å². The molecule has 0 aliphatic carbocycles. The lowest BCUT2D eigenvalue weighted by molar-refractivity contribution is -0.122. The maximum atomic E-state index is 13.0. The van der Waals surface area contributed by atoms with Crippen LogP contribution in [-0.2, 0) is 4.79 Å². The molecule has 5 heteroatoms. The summed E-state index contributed by atoms with van der Waals surface area (Å²) in [6, 6.07) is 5.27. The molecular weight excluding hydrogens is 235 g/mol. The highest BCUT2D eigenvalue weighted by Crippen LogP contribution is 2.14. The third kappa shape index (κ3) is 2.29. The van der Waals surface area contributed by atoms with E-state index in [4.69, 9.17) is 0 Å². The van der Waals surface area contributed by atoms with Crippen molar-refractivity contribution >= 4 is 18.0 Å². The minimum Gasteiger partial charge on any atom is -0.303 e. The van der Waals surface area contributed by atoms with Gasteiger partial charge in [0.05, 0.1) is 0 Å². The molecule has 1 saturated heterocycles. The Morgan fingerprint density at radius 3 is 2.83 bits per heavy atom. The van der Waals surface area contributed by atoms with Crippen LogP contribution in [0.4, 0.5) is 9.18 Å². The van der Waals surface area contributed by atoms with E-state index in [1.807, 2.05) is 0 Å². The molecule has 1 aromatic rings. The van der Waals surface area contributed by atoms with Crippen LogP contribution < -0.4 is 5.32 Å². The van der Waals surface area contributed by atoms with Crippen LogP contribution in [0.5, 0.6) is 0 Å². The van der Waals surface area contributed by atoms with E-state index in [-0.39, 0.29) is 12.2 Å². The molecule has 92 valence electrons. The summed E-state index contributed by atoms with van der Waals surface area (Å²) in [6.45, 7) is 3.61. The van der Waals surface area contributed by atoms with Gasteiger partial charge in [0.2, 0.25) is 0 Å². The Balaban J connectivity index is 2.27. The van der Waals surface area contributed by atoms with Crippen molar-refractivity contribution in [1.82, 2.24) is 10.2 Å². The third-order valence-electron chi connectivity index (χ3n) is 2.43. The van der Waals surface area contributed by atoms with Crippen molar-refractivity contribution in [2.45, 2.75) is 0 Å². The zero-order valence-electron chi connectivity index (χ0n) is 9.52. The number of hydrogen-bond acceptors (Lipinski definition) is 2. The molecule has 1 aromatic carbocycles. The van der Waals surface area contributed by atoms with Gasteiger partial charge in [0.1, 0.15) is 11.5 Å². The van der Waals surface area contributed by atoms with Gasteiger partial charge in [-0.25, -0.2) is 9.18 Å². The minimum absolute atomic E-state index is 0.132. The Hall–Kier alpha value is -2.43. The molecule has 1 fully saturated rings. The van der Waals surface area contributed by atoms with Crippen molar-refractivity contribution in [3.8, 4) is 0 Å². The van der Waals surface area contributed by atoms with Gasteiger partial charge >= 0.3 is 6.03 Å². The molecule has 1 aliphatic heterocycles. The second-order valence-corrected chi connectivity index (χ2v) is 3.75. The molecule has 1 aliphatic rings. The summed E-state index contributed by atoms with van der Waals surface area (Å²) in [5.74, 6) is -0.840. The van der Waals surface area contributed by atoms with Gasteiger partial charge in [-0.3, -0.25) is 9.69 Å². The normalized spacial score (nSPS) is 17.2. The fourth-order valence-electron chi connectivity index (χ4n) is 1.63. The second-order valence-electron chi connectivity index (χ2n) is 3.75. The average molecular weight is 246 g/mol. The molecule has 0 spiro atoms. The first-order valence-electron chi connectivity index (χ1n) is 5.33. The lowest BCUT2D eigenvalue weighted by atomic mass is 10.2. The van der Waals surface area contributed by atoms with Gasteiger partial charge in [0, 0.05) is 6.54 Å². The molecule has 4 nitrogen and oxygen atoms in total. The van der Waals surface area contributed by atoms with Gasteiger partial charge < -0.3 is 5.32 Å². The minimum atomic E-state index is -0.498. The summed E-state index contributed by atoms with van der Waals surface area (Å²) >= 11 is 0. The molecular formula is C13H11FN2O2. The summed E-state index contributed by atoms with van der Waals surface area (Å²) in [4.78, 5) is 24.3. The predicted molar refractivity (Wildman–Crippen MR) is 64.8 cm³/mol. The predicted octanol–water partition coefficient (Wildman–Crippen LogP) is 1.90. The van der Waals surface area contributed by atoms with Crippen LogP contribution in [-0.4, -0.2) is 23.4 Å². The Morgan fingerprint density at radius 1 is 1.39 bits per heavy atom. The number of nitrogens with zero attached hydrogens (tertiary/aromatic N) is 1. The van der Waals surface area contributed by atoms with Crippen LogP contribution in [0.3, 0.4) is 0 Å². The molecule has 0 radical (unpaired) electrons. The number of amides is 3. The van der Waals surface area contributed by atoms with Crippen LogP contribution in [0.1, 0.15) is 5.56 Å². The first-order chi connectivity index (χ1) is 8.61. The molecule has 0 unspecified atom stereocenters. The van der Waals surface area contributed by atoms with E-state index in [9.17, 15) is 14.0 Å². The number of rotatable bonds is 3. The monoisotopic (exact) mass is 246 g/mol. The highest BCUT2D eigenvalue weighted by Gasteiger charge is 2.32. The van der Waals surface area contributed by atoms with Crippen LogP contribution >= 0.6 is 0 Å². The molecule has 0 aromatic heterocycles. The molecule has 1 heterocycles. The van der Waals surface area contributed by atoms with Crippen molar-refractivity contribution < 1.29 is 14.0 Å². The van der Waals surface area contributed by atoms with E-state index in [0.717, 1.165) is 4.90 Å². The molecule has 2 rings (SSSR count). The van der Waals surface area contributed by atoms with Gasteiger partial charge in [-0.2, -0.15) is 0 Å². The maximum Gasteiger partial charge on any atom is 0.329 e. The lowest BCUT2D eigenvalue weighted by Gasteiger charge is -2.06. The van der Waals surface area contributed by atoms with E-state index in [1.165, 1.54) is 30.4 Å². The number of carbonyl (C=O) groups is 2. The largest absolute Gasteiger partial charge is 0.329 e. The first-order valence-corrected chi connectivity index (χ1v) is 5.33. The van der Waals surface area contributed by atoms with Gasteiger partial charge in [-0.05, 0) is 23.8 Å². The Kier molecular flexibility index (Phi) is 3.23. The molecule has 0 atom stereocenters. The summed E-state index contributed by atoms with van der Waals surface area (Å²) in [5.41, 5.74) is 0.645. The number of imide groups is 1. The summed E-state index contributed by atoms with van der Waals surface area (Å²) in [5, 5.41) is 2.43. The standard InChI is InChI=1S/C13H11FN2O2/c1-2-6-16-12(17)11(15-13(16)18)8-9-4-3-5-10(14)7-9/h2-5,7-8H,1,6H2,(H,15,18)/b11-8+. The molecule has 3 amide bonds. The van der Waals surface area contributed by atoms with Gasteiger partial charge in [0.25, 0.3) is 5.91 Å². The van der Waals surface area contributed by atoms with Crippen molar-refractivity contribution in [2.75, 3.05) is 6.54 Å². The van der Waals surface area contributed by atoms with Gasteiger partial charge in [-0.1, -0.05) is 18.2 Å². The molecule has 18 heavy (non-hydrogen) atoms. The summed E-state index contributed by atoms with van der Waals surface area (Å²) in [7, 11) is 0. The number of benzene rings is 1. The SMILES string of the molecule is C=CCN1C(=O)N/C(=C/c2cccc(F)c2)C1=O. The number of carbonyl (C=O) groups excluding carboxylic acids is 2. The first kappa shape index (κ1) is 12.0. The lowest BCUT2D eigenvalue weighted by Crippen LogP contribution is -2.30. The van der Waals surface area contributed by atoms with Crippen LogP contribution in [0.15, 0.2) is 42.6 Å². The van der Waals surface area contributed by atoms with E-state index >= 15 is 0 Å². The van der Waals surface area contributed by atoms with E-state index in [1.54, 1.807) is 6.07 Å². The maximum absolute atomic E-state index is 13.0. The van der Waals surface area contributed by atoms with Crippen molar-refractivity contribution in [3.63, 3.8) is 0 Å². The molecule has 0 bridgehead atoms. The van der Waals surface area contributed by atoms with Crippen LogP contribution in [0.2, 0.25) is 0 Å². The fraction of sp³-hybridized carbons (Fsp3) is 0.0769. The van der Waals surface area contributed by atoms with E-state index in [2.05, 4.69) is 11.9 Å². The van der Waals surface area contributed by atoms with E-state index < -0.39 is 17.8 Å². The number of hydrogen-bond donors (Lipinski definition) is 1. The highest BCUT2D eigenvalue weighted by molar-refractivity contribution is 6.14. The number of nitrogens with one attached hydrogen (secondary N) is 1. The van der Waals surface area contributed by atoms with Crippen LogP contribution in [0.25, 0.3) is 6.08 Å². The Labute approximate surface area is 103 Å². The smallest absolute Gasteiger partial charge is 0.303 e. The van der Waals surface area contributed by atoms with Crippen molar-refractivity contribution in [3.05, 3.63) is 54.0 Å². The van der Waals surface area contributed by atoms with Gasteiger partial charge in [0.15, 0.2) is 0 Å². The average Bonchev–Trinajstić information content (AvgIpc) is 2.57. The summed E-state index contributed by atoms with van der Waals surface area (Å²) in [6.07, 6.45) is 2.90. The number of halogens is 1. The Morgan fingerprint density at radius 2 is 2.17 bits per heavy atom. The zero-order valence-corrected chi connectivity index (χ0v) is 9.52. The van der Waals surface area contributed by atoms with E-state index in [0.29, 0.717) is 5.56 Å². The third-order valence-corrected chi connectivity index (χ3v) is 2.43. The fourth-order valence-corrected chi connectivity index (χ4v) is 1.63. The van der Waals surface area contributed by atoms with Crippen molar-refractivity contribution in [1.29, 1.82) is 0 Å². The number of urea groups is 1. The van der Waals surface area contributed by atoms with Crippen molar-refractivity contribution in [2.24, 2.45) is 0 Å². The Bertz CT molecular complexity index is 552. The zero-order chi connectivity index (χ0) is 13.1. The molecule has 1 N–H and O–H groups in total. The summed E-state index contributed by atoms with van der Waals surface area (Å²) < 4.78 is 13.0. The quantitative estimate of drug-likeness (QED) is 0.503. The topological polar surface area (TPSA) is 49.4 Å². The van der Waals surface area contributed by atoms with Gasteiger partial charge in [-0.15, -0.1) is 6.58 Å². The molecule has 0 saturated carbocycles. The highest BCUT2D eigenvalue weighted by atomic mass is 19.1. The second kappa shape index (κ2) is 4.83.